The van der Waals surface area contributed by atoms with Crippen molar-refractivity contribution < 1.29 is 23.5 Å². The van der Waals surface area contributed by atoms with Crippen molar-refractivity contribution in [3.8, 4) is 11.5 Å². The summed E-state index contributed by atoms with van der Waals surface area (Å²) in [5.74, 6) is 0.945. The Kier molecular flexibility index (Phi) is 8.04. The molecule has 7 heteroatoms. The Balaban J connectivity index is 1.62. The van der Waals surface area contributed by atoms with Gasteiger partial charge in [-0.2, -0.15) is 0 Å². The predicted octanol–water partition coefficient (Wildman–Crippen LogP) is 6.60. The summed E-state index contributed by atoms with van der Waals surface area (Å²) in [5.41, 5.74) is 3.20. The summed E-state index contributed by atoms with van der Waals surface area (Å²) in [6.45, 7) is 13.8. The van der Waals surface area contributed by atoms with E-state index in [0.29, 0.717) is 43.2 Å². The first-order valence-corrected chi connectivity index (χ1v) is 12.5. The van der Waals surface area contributed by atoms with E-state index in [-0.39, 0.29) is 16.7 Å². The van der Waals surface area contributed by atoms with Crippen molar-refractivity contribution in [3.63, 3.8) is 0 Å². The van der Waals surface area contributed by atoms with Gasteiger partial charge in [0.05, 0.1) is 13.2 Å². The summed E-state index contributed by atoms with van der Waals surface area (Å²) in [6, 6.07) is 11.3. The minimum absolute atomic E-state index is 0.0605. The third-order valence-electron chi connectivity index (χ3n) is 5.43. The van der Waals surface area contributed by atoms with Crippen molar-refractivity contribution in [3.05, 3.63) is 53.1 Å². The molecule has 0 unspecified atom stereocenters. The van der Waals surface area contributed by atoms with E-state index in [2.05, 4.69) is 46.9 Å². The summed E-state index contributed by atoms with van der Waals surface area (Å²) in [4.78, 5) is 12.6. The third-order valence-corrected chi connectivity index (χ3v) is 6.57. The van der Waals surface area contributed by atoms with Gasteiger partial charge in [-0.1, -0.05) is 53.7 Å². The van der Waals surface area contributed by atoms with Crippen LogP contribution in [-0.2, 0) is 31.1 Å². The molecule has 0 bridgehead atoms. The lowest BCUT2D eigenvalue weighted by Crippen LogP contribution is -2.18. The number of carbonyl (C=O) groups is 1. The number of rotatable bonds is 6. The Hall–Kier alpha value is -2.14. The largest absolute Gasteiger partial charge is 0.507 e. The highest BCUT2D eigenvalue weighted by Gasteiger charge is 2.26. The van der Waals surface area contributed by atoms with Gasteiger partial charge in [0.1, 0.15) is 11.5 Å². The number of benzene rings is 2. The molecule has 1 amide bonds. The fraction of sp³-hybridized carbons (Fsp3) is 0.500. The Morgan fingerprint density at radius 1 is 1.00 bits per heavy atom. The van der Waals surface area contributed by atoms with Crippen molar-refractivity contribution >= 4 is 20.2 Å². The zero-order valence-corrected chi connectivity index (χ0v) is 21.4. The van der Waals surface area contributed by atoms with Crippen LogP contribution in [0.4, 0.5) is 5.69 Å². The number of phenolic OH excluding ortho intramolecular Hbond substituents is 1. The number of hydrogen-bond acceptors (Lipinski definition) is 5. The molecular formula is C26H36NO5P. The van der Waals surface area contributed by atoms with Crippen LogP contribution in [0.15, 0.2) is 36.4 Å². The Bertz CT molecular complexity index is 919. The van der Waals surface area contributed by atoms with Crippen LogP contribution in [0.5, 0.6) is 11.5 Å². The minimum atomic E-state index is -1.34. The molecule has 0 saturated carbocycles. The van der Waals surface area contributed by atoms with Crippen molar-refractivity contribution in [2.75, 3.05) is 18.5 Å². The number of aryl methyl sites for hydroxylation is 1. The maximum atomic E-state index is 12.6. The normalized spacial score (nSPS) is 15.3. The number of hydrogen-bond donors (Lipinski definition) is 2. The summed E-state index contributed by atoms with van der Waals surface area (Å²) < 4.78 is 16.6. The second kappa shape index (κ2) is 10.4. The first kappa shape index (κ1) is 25.5. The lowest BCUT2D eigenvalue weighted by Gasteiger charge is -2.28. The fourth-order valence-corrected chi connectivity index (χ4v) is 4.61. The van der Waals surface area contributed by atoms with Crippen LogP contribution in [0, 0.1) is 0 Å². The van der Waals surface area contributed by atoms with Gasteiger partial charge in [0.2, 0.25) is 5.91 Å². The Morgan fingerprint density at radius 3 is 2.06 bits per heavy atom. The molecule has 180 valence electrons. The Morgan fingerprint density at radius 2 is 1.55 bits per heavy atom. The second-order valence-corrected chi connectivity index (χ2v) is 11.6. The van der Waals surface area contributed by atoms with Gasteiger partial charge in [-0.25, -0.2) is 0 Å². The summed E-state index contributed by atoms with van der Waals surface area (Å²) in [6.07, 6.45) is 1.83. The molecule has 1 heterocycles. The highest BCUT2D eigenvalue weighted by atomic mass is 31.2. The van der Waals surface area contributed by atoms with Crippen molar-refractivity contribution in [1.82, 2.24) is 0 Å². The lowest BCUT2D eigenvalue weighted by atomic mass is 9.78. The first-order chi connectivity index (χ1) is 15.4. The van der Waals surface area contributed by atoms with E-state index in [1.807, 2.05) is 24.3 Å². The van der Waals surface area contributed by atoms with Crippen molar-refractivity contribution in [2.45, 2.75) is 71.6 Å². The summed E-state index contributed by atoms with van der Waals surface area (Å²) in [5, 5.41) is 13.8. The molecule has 33 heavy (non-hydrogen) atoms. The molecule has 1 aliphatic rings. The van der Waals surface area contributed by atoms with Crippen LogP contribution in [0.3, 0.4) is 0 Å². The SMILES string of the molecule is CC(C)(C)c1cc(CCC(=O)Nc2ccc(OP3OCCCO3)cc2)cc(C(C)(C)C)c1O. The predicted molar refractivity (Wildman–Crippen MR) is 133 cm³/mol. The van der Waals surface area contributed by atoms with E-state index in [9.17, 15) is 9.90 Å². The van der Waals surface area contributed by atoms with Crippen LogP contribution in [0.25, 0.3) is 0 Å². The third kappa shape index (κ3) is 7.17. The van der Waals surface area contributed by atoms with Crippen LogP contribution in [0.2, 0.25) is 0 Å². The van der Waals surface area contributed by atoms with Gasteiger partial charge in [0.25, 0.3) is 0 Å². The van der Waals surface area contributed by atoms with E-state index >= 15 is 0 Å². The average Bonchev–Trinajstić information content (AvgIpc) is 2.73. The zero-order chi connectivity index (χ0) is 24.2. The van der Waals surface area contributed by atoms with Gasteiger partial charge >= 0.3 is 8.60 Å². The van der Waals surface area contributed by atoms with Crippen LogP contribution in [0.1, 0.15) is 71.1 Å². The standard InChI is InChI=1S/C26H36NO5P/c1-25(2,3)21-16-18(17-22(24(21)29)26(4,5)6)8-13-23(28)27-19-9-11-20(12-10-19)32-33-30-14-7-15-31-33/h9-12,16-17,29H,7-8,13-15H2,1-6H3,(H,27,28). The van der Waals surface area contributed by atoms with Gasteiger partial charge in [0.15, 0.2) is 0 Å². The molecule has 2 aromatic rings. The maximum Gasteiger partial charge on any atom is 0.397 e. The van der Waals surface area contributed by atoms with Crippen LogP contribution < -0.4 is 9.84 Å². The van der Waals surface area contributed by atoms with Gasteiger partial charge in [-0.05, 0) is 64.6 Å². The van der Waals surface area contributed by atoms with Gasteiger partial charge in [0, 0.05) is 12.1 Å². The number of carbonyl (C=O) groups excluding carboxylic acids is 1. The molecule has 3 rings (SSSR count). The van der Waals surface area contributed by atoms with Crippen LogP contribution in [-0.4, -0.2) is 24.2 Å². The van der Waals surface area contributed by atoms with E-state index in [1.54, 1.807) is 12.1 Å². The topological polar surface area (TPSA) is 77.0 Å². The van der Waals surface area contributed by atoms with E-state index in [0.717, 1.165) is 23.1 Å². The number of aromatic hydroxyl groups is 1. The van der Waals surface area contributed by atoms with Gasteiger partial charge in [-0.3, -0.25) is 4.79 Å². The average molecular weight is 474 g/mol. The summed E-state index contributed by atoms with van der Waals surface area (Å²) >= 11 is 0. The minimum Gasteiger partial charge on any atom is -0.507 e. The number of nitrogens with one attached hydrogen (secondary N) is 1. The molecule has 2 N–H and O–H groups in total. The second-order valence-electron chi connectivity index (χ2n) is 10.4. The molecule has 0 aliphatic carbocycles. The fourth-order valence-electron chi connectivity index (χ4n) is 3.58. The monoisotopic (exact) mass is 473 g/mol. The maximum absolute atomic E-state index is 12.6. The van der Waals surface area contributed by atoms with Crippen LogP contribution >= 0.6 is 8.60 Å². The van der Waals surface area contributed by atoms with Gasteiger partial charge in [-0.15, -0.1) is 0 Å². The molecule has 0 radical (unpaired) electrons. The van der Waals surface area contributed by atoms with E-state index < -0.39 is 8.60 Å². The van der Waals surface area contributed by atoms with Gasteiger partial charge < -0.3 is 24.0 Å². The van der Waals surface area contributed by atoms with Crippen molar-refractivity contribution in [2.24, 2.45) is 0 Å². The lowest BCUT2D eigenvalue weighted by molar-refractivity contribution is -0.116. The molecule has 1 saturated heterocycles. The first-order valence-electron chi connectivity index (χ1n) is 11.4. The highest BCUT2D eigenvalue weighted by molar-refractivity contribution is 7.42. The molecule has 0 aromatic heterocycles. The molecule has 1 fully saturated rings. The Labute approximate surface area is 198 Å². The zero-order valence-electron chi connectivity index (χ0n) is 20.5. The molecule has 0 atom stereocenters. The van der Waals surface area contributed by atoms with E-state index in [4.69, 9.17) is 13.6 Å². The highest BCUT2D eigenvalue weighted by Crippen LogP contribution is 2.43. The number of amides is 1. The number of phenols is 1. The molecular weight excluding hydrogens is 437 g/mol. The van der Waals surface area contributed by atoms with Crippen molar-refractivity contribution in [1.29, 1.82) is 0 Å². The quantitative estimate of drug-likeness (QED) is 0.462. The molecule has 1 aliphatic heterocycles. The smallest absolute Gasteiger partial charge is 0.397 e. The molecule has 2 aromatic carbocycles. The molecule has 6 nitrogen and oxygen atoms in total. The van der Waals surface area contributed by atoms with E-state index in [1.165, 1.54) is 0 Å². The summed E-state index contributed by atoms with van der Waals surface area (Å²) in [7, 11) is -1.34. The molecule has 0 spiro atoms. The number of anilines is 1.